The number of piperidine rings is 1. The minimum absolute atomic E-state index is 0.103. The molecule has 1 aliphatic carbocycles. The van der Waals surface area contributed by atoms with E-state index >= 15 is 0 Å². The Hall–Kier alpha value is -2.88. The van der Waals surface area contributed by atoms with Gasteiger partial charge in [0.15, 0.2) is 0 Å². The van der Waals surface area contributed by atoms with Crippen molar-refractivity contribution < 1.29 is 4.79 Å². The minimum atomic E-state index is -0.103. The van der Waals surface area contributed by atoms with E-state index in [2.05, 4.69) is 39.8 Å². The van der Waals surface area contributed by atoms with Gasteiger partial charge in [0.05, 0.1) is 20.9 Å². The van der Waals surface area contributed by atoms with E-state index in [1.807, 2.05) is 29.6 Å². The van der Waals surface area contributed by atoms with Crippen LogP contribution in [0.1, 0.15) is 38.5 Å². The minimum Gasteiger partial charge on any atom is -0.381 e. The SMILES string of the molecule is C=CC(=O)N[C@H]1CC[C@@H](Nc2nc(Nc3ccc(NC4CCN(C)CC4)c(Cl)c3)nc3ccsc23)CC1. The van der Waals surface area contributed by atoms with Gasteiger partial charge in [-0.3, -0.25) is 4.79 Å². The molecule has 4 N–H and O–H groups in total. The molecule has 0 atom stereocenters. The number of hydrogen-bond acceptors (Lipinski definition) is 8. The number of hydrogen-bond donors (Lipinski definition) is 4. The Bertz CT molecular complexity index is 1250. The van der Waals surface area contributed by atoms with Crippen molar-refractivity contribution in [2.24, 2.45) is 0 Å². The van der Waals surface area contributed by atoms with Crippen molar-refractivity contribution in [1.82, 2.24) is 20.2 Å². The van der Waals surface area contributed by atoms with E-state index in [-0.39, 0.29) is 11.9 Å². The fourth-order valence-electron chi connectivity index (χ4n) is 5.06. The third kappa shape index (κ3) is 6.52. The molecule has 1 aliphatic heterocycles. The molecule has 10 heteroatoms. The van der Waals surface area contributed by atoms with Crippen LogP contribution in [0.4, 0.5) is 23.1 Å². The molecule has 0 unspecified atom stereocenters. The van der Waals surface area contributed by atoms with E-state index in [4.69, 9.17) is 21.6 Å². The number of benzene rings is 1. The third-order valence-electron chi connectivity index (χ3n) is 7.21. The molecular formula is C27H34ClN7OS. The number of thiophene rings is 1. The molecule has 0 bridgehead atoms. The monoisotopic (exact) mass is 539 g/mol. The zero-order chi connectivity index (χ0) is 25.8. The van der Waals surface area contributed by atoms with E-state index in [0.717, 1.165) is 79.0 Å². The second-order valence-electron chi connectivity index (χ2n) is 9.98. The van der Waals surface area contributed by atoms with E-state index in [1.54, 1.807) is 11.3 Å². The van der Waals surface area contributed by atoms with Crippen LogP contribution in [0.5, 0.6) is 0 Å². The van der Waals surface area contributed by atoms with Gasteiger partial charge in [-0.05, 0) is 94.4 Å². The summed E-state index contributed by atoms with van der Waals surface area (Å²) in [6, 6.07) is 8.91. The lowest BCUT2D eigenvalue weighted by atomic mass is 9.91. The van der Waals surface area contributed by atoms with Gasteiger partial charge >= 0.3 is 0 Å². The van der Waals surface area contributed by atoms with Crippen molar-refractivity contribution in [3.05, 3.63) is 47.3 Å². The highest BCUT2D eigenvalue weighted by molar-refractivity contribution is 7.17. The first kappa shape index (κ1) is 25.8. The topological polar surface area (TPSA) is 94.2 Å². The van der Waals surface area contributed by atoms with E-state index in [9.17, 15) is 4.79 Å². The zero-order valence-corrected chi connectivity index (χ0v) is 22.7. The van der Waals surface area contributed by atoms with Crippen molar-refractivity contribution in [3.63, 3.8) is 0 Å². The number of aromatic nitrogens is 2. The molecule has 1 amide bonds. The summed E-state index contributed by atoms with van der Waals surface area (Å²) < 4.78 is 1.04. The van der Waals surface area contributed by atoms with Gasteiger partial charge in [0.2, 0.25) is 11.9 Å². The van der Waals surface area contributed by atoms with Crippen LogP contribution in [0.3, 0.4) is 0 Å². The van der Waals surface area contributed by atoms with Crippen molar-refractivity contribution in [1.29, 1.82) is 0 Å². The molecule has 1 saturated carbocycles. The first-order valence-corrected chi connectivity index (χ1v) is 14.2. The van der Waals surface area contributed by atoms with Crippen LogP contribution >= 0.6 is 22.9 Å². The van der Waals surface area contributed by atoms with Gasteiger partial charge < -0.3 is 26.2 Å². The number of carbonyl (C=O) groups is 1. The molecule has 3 heterocycles. The van der Waals surface area contributed by atoms with E-state index in [1.165, 1.54) is 6.08 Å². The Balaban J connectivity index is 1.25. The normalized spacial score (nSPS) is 20.9. The fraction of sp³-hybridized carbons (Fsp3) is 0.444. The molecule has 196 valence electrons. The summed E-state index contributed by atoms with van der Waals surface area (Å²) in [7, 11) is 2.16. The van der Waals surface area contributed by atoms with Crippen LogP contribution in [0.2, 0.25) is 5.02 Å². The number of anilines is 4. The van der Waals surface area contributed by atoms with Gasteiger partial charge in [-0.25, -0.2) is 4.98 Å². The molecule has 0 spiro atoms. The Morgan fingerprint density at radius 3 is 2.51 bits per heavy atom. The van der Waals surface area contributed by atoms with Crippen LogP contribution < -0.4 is 21.3 Å². The first-order valence-electron chi connectivity index (χ1n) is 12.9. The number of nitrogens with zero attached hydrogens (tertiary/aromatic N) is 3. The Morgan fingerprint density at radius 2 is 1.78 bits per heavy atom. The maximum absolute atomic E-state index is 11.6. The number of rotatable bonds is 8. The van der Waals surface area contributed by atoms with Crippen LogP contribution in [0.25, 0.3) is 10.2 Å². The number of likely N-dealkylation sites (tertiary alicyclic amines) is 1. The summed E-state index contributed by atoms with van der Waals surface area (Å²) in [6.07, 6.45) is 7.34. The molecule has 2 fully saturated rings. The maximum atomic E-state index is 11.6. The average molecular weight is 540 g/mol. The quantitative estimate of drug-likeness (QED) is 0.276. The Kier molecular flexibility index (Phi) is 8.12. The highest BCUT2D eigenvalue weighted by atomic mass is 35.5. The van der Waals surface area contributed by atoms with E-state index in [0.29, 0.717) is 23.1 Å². The van der Waals surface area contributed by atoms with Crippen molar-refractivity contribution in [2.75, 3.05) is 36.1 Å². The lowest BCUT2D eigenvalue weighted by molar-refractivity contribution is -0.117. The fourth-order valence-corrected chi connectivity index (χ4v) is 6.08. The summed E-state index contributed by atoms with van der Waals surface area (Å²) in [4.78, 5) is 23.5. The average Bonchev–Trinajstić information content (AvgIpc) is 3.37. The van der Waals surface area contributed by atoms with Gasteiger partial charge in [-0.1, -0.05) is 18.2 Å². The molecule has 37 heavy (non-hydrogen) atoms. The standard InChI is InChI=1S/C27H34ClN7OS/c1-3-24(36)30-17-4-6-18(7-5-17)31-26-25-23(12-15-37-25)33-27(34-26)32-20-8-9-22(21(28)16-20)29-19-10-13-35(2)14-11-19/h3,8-9,12,15-19,29H,1,4-7,10-11,13-14H2,2H3,(H,30,36)(H2,31,32,33,34)/t17-,18+. The third-order valence-corrected chi connectivity index (χ3v) is 8.43. The molecule has 2 aromatic heterocycles. The zero-order valence-electron chi connectivity index (χ0n) is 21.1. The van der Waals surface area contributed by atoms with Crippen LogP contribution in [-0.4, -0.2) is 59.0 Å². The molecule has 3 aromatic rings. The molecule has 1 aromatic carbocycles. The highest BCUT2D eigenvalue weighted by Gasteiger charge is 2.23. The number of amides is 1. The molecule has 2 aliphatic rings. The summed E-state index contributed by atoms with van der Waals surface area (Å²) >= 11 is 8.27. The predicted octanol–water partition coefficient (Wildman–Crippen LogP) is 5.62. The number of nitrogens with one attached hydrogen (secondary N) is 4. The number of halogens is 1. The van der Waals surface area contributed by atoms with Crippen LogP contribution in [-0.2, 0) is 4.79 Å². The number of carbonyl (C=O) groups excluding carboxylic acids is 1. The van der Waals surface area contributed by atoms with Crippen LogP contribution in [0, 0.1) is 0 Å². The highest BCUT2D eigenvalue weighted by Crippen LogP contribution is 2.32. The van der Waals surface area contributed by atoms with Crippen LogP contribution in [0.15, 0.2) is 42.3 Å². The summed E-state index contributed by atoms with van der Waals surface area (Å²) in [5, 5.41) is 16.3. The Morgan fingerprint density at radius 1 is 1.05 bits per heavy atom. The second-order valence-corrected chi connectivity index (χ2v) is 11.3. The lowest BCUT2D eigenvalue weighted by Gasteiger charge is -2.30. The lowest BCUT2D eigenvalue weighted by Crippen LogP contribution is -2.39. The van der Waals surface area contributed by atoms with Crippen molar-refractivity contribution in [2.45, 2.75) is 56.7 Å². The second kappa shape index (κ2) is 11.7. The largest absolute Gasteiger partial charge is 0.381 e. The van der Waals surface area contributed by atoms with Crippen molar-refractivity contribution >= 4 is 62.2 Å². The van der Waals surface area contributed by atoms with Gasteiger partial charge in [-0.2, -0.15) is 4.98 Å². The van der Waals surface area contributed by atoms with E-state index < -0.39 is 0 Å². The predicted molar refractivity (Wildman–Crippen MR) is 154 cm³/mol. The molecular weight excluding hydrogens is 506 g/mol. The number of fused-ring (bicyclic) bond motifs is 1. The Labute approximate surface area is 226 Å². The molecule has 1 saturated heterocycles. The van der Waals surface area contributed by atoms with Crippen molar-refractivity contribution in [3.8, 4) is 0 Å². The molecule has 5 rings (SSSR count). The van der Waals surface area contributed by atoms with Gasteiger partial charge in [-0.15, -0.1) is 11.3 Å². The summed E-state index contributed by atoms with van der Waals surface area (Å²) in [5.41, 5.74) is 2.71. The van der Waals surface area contributed by atoms with Gasteiger partial charge in [0.25, 0.3) is 0 Å². The summed E-state index contributed by atoms with van der Waals surface area (Å²) in [6.45, 7) is 5.74. The smallest absolute Gasteiger partial charge is 0.243 e. The first-order chi connectivity index (χ1) is 18.0. The molecule has 8 nitrogen and oxygen atoms in total. The van der Waals surface area contributed by atoms with Gasteiger partial charge in [0.1, 0.15) is 5.82 Å². The summed E-state index contributed by atoms with van der Waals surface area (Å²) in [5.74, 6) is 1.27. The van der Waals surface area contributed by atoms with Gasteiger partial charge in [0, 0.05) is 23.8 Å². The maximum Gasteiger partial charge on any atom is 0.243 e. The molecule has 0 radical (unpaired) electrons.